The first-order valence-electron chi connectivity index (χ1n) is 5.28. The van der Waals surface area contributed by atoms with Crippen molar-refractivity contribution in [1.29, 1.82) is 5.26 Å². The summed E-state index contributed by atoms with van der Waals surface area (Å²) in [6.45, 7) is 1.37. The molecule has 0 heterocycles. The van der Waals surface area contributed by atoms with E-state index in [4.69, 9.17) is 10.00 Å². The fraction of sp³-hybridized carbons (Fsp3) is 0.333. The number of rotatable bonds is 5. The van der Waals surface area contributed by atoms with Crippen LogP contribution in [-0.2, 0) is 4.79 Å². The summed E-state index contributed by atoms with van der Waals surface area (Å²) in [6.07, 6.45) is -0.695. The van der Waals surface area contributed by atoms with Crippen LogP contribution in [0.2, 0.25) is 0 Å². The van der Waals surface area contributed by atoms with E-state index >= 15 is 0 Å². The highest BCUT2D eigenvalue weighted by Gasteiger charge is 2.11. The van der Waals surface area contributed by atoms with Gasteiger partial charge in [0.1, 0.15) is 12.3 Å². The Hall–Kier alpha value is -1.58. The fourth-order valence-electron chi connectivity index (χ4n) is 1.31. The molecule has 6 heteroatoms. The van der Waals surface area contributed by atoms with E-state index in [1.165, 1.54) is 0 Å². The first kappa shape index (κ1) is 14.5. The lowest BCUT2D eigenvalue weighted by atomic mass is 10.1. The lowest BCUT2D eigenvalue weighted by molar-refractivity contribution is -0.122. The zero-order chi connectivity index (χ0) is 13.5. The van der Waals surface area contributed by atoms with Gasteiger partial charge in [0.2, 0.25) is 0 Å². The van der Waals surface area contributed by atoms with Crippen LogP contribution in [0.5, 0.6) is 5.75 Å². The quantitative estimate of drug-likeness (QED) is 0.808. The minimum atomic E-state index is -0.695. The van der Waals surface area contributed by atoms with E-state index in [0.29, 0.717) is 11.3 Å². The molecule has 1 aromatic carbocycles. The second kappa shape index (κ2) is 6.99. The minimum Gasteiger partial charge on any atom is -0.483 e. The molecule has 18 heavy (non-hydrogen) atoms. The van der Waals surface area contributed by atoms with Gasteiger partial charge in [0.25, 0.3) is 5.91 Å². The molecule has 0 fully saturated rings. The average molecular weight is 313 g/mol. The third kappa shape index (κ3) is 4.35. The molecule has 0 unspecified atom stereocenters. The van der Waals surface area contributed by atoms with Gasteiger partial charge < -0.3 is 15.2 Å². The molecule has 96 valence electrons. The second-order valence-corrected chi connectivity index (χ2v) is 4.50. The Balaban J connectivity index is 2.67. The number of aliphatic hydroxyl groups is 1. The third-order valence-corrected chi connectivity index (χ3v) is 2.64. The molecular formula is C12H13BrN2O3. The van der Waals surface area contributed by atoms with E-state index < -0.39 is 6.10 Å². The van der Waals surface area contributed by atoms with Crippen LogP contribution >= 0.6 is 15.9 Å². The molecule has 1 rings (SSSR count). The Kier molecular flexibility index (Phi) is 5.62. The summed E-state index contributed by atoms with van der Waals surface area (Å²) in [7, 11) is 0. The van der Waals surface area contributed by atoms with Gasteiger partial charge in [-0.3, -0.25) is 4.79 Å². The van der Waals surface area contributed by atoms with Crippen molar-refractivity contribution in [2.24, 2.45) is 0 Å². The molecule has 0 aromatic heterocycles. The predicted octanol–water partition coefficient (Wildman–Crippen LogP) is 1.52. The van der Waals surface area contributed by atoms with Crippen molar-refractivity contribution in [2.45, 2.75) is 13.0 Å². The molecule has 1 amide bonds. The van der Waals surface area contributed by atoms with Gasteiger partial charge in [-0.05, 0) is 25.1 Å². The van der Waals surface area contributed by atoms with Crippen molar-refractivity contribution >= 4 is 21.8 Å². The zero-order valence-electron chi connectivity index (χ0n) is 9.81. The summed E-state index contributed by atoms with van der Waals surface area (Å²) in [5, 5.41) is 20.3. The van der Waals surface area contributed by atoms with Crippen molar-refractivity contribution in [1.82, 2.24) is 5.32 Å². The number of carbonyl (C=O) groups excluding carboxylic acids is 1. The maximum atomic E-state index is 11.3. The van der Waals surface area contributed by atoms with Gasteiger partial charge in [-0.2, -0.15) is 5.26 Å². The molecular weight excluding hydrogens is 300 g/mol. The molecule has 0 aliphatic rings. The van der Waals surface area contributed by atoms with E-state index in [9.17, 15) is 9.90 Å². The van der Waals surface area contributed by atoms with Crippen LogP contribution in [0.4, 0.5) is 0 Å². The molecule has 0 bridgehead atoms. The summed E-state index contributed by atoms with van der Waals surface area (Å²) in [5.74, 6) is 0.0660. The fourth-order valence-corrected chi connectivity index (χ4v) is 1.69. The number of ether oxygens (including phenoxy) is 1. The summed E-state index contributed by atoms with van der Waals surface area (Å²) in [6, 6.07) is 6.96. The van der Waals surface area contributed by atoms with Gasteiger partial charge in [0.05, 0.1) is 12.2 Å². The normalized spacial score (nSPS) is 11.4. The molecule has 1 aromatic rings. The number of nitriles is 1. The highest BCUT2D eigenvalue weighted by atomic mass is 79.9. The number of nitrogens with zero attached hydrogens (tertiary/aromatic N) is 1. The number of carbonyl (C=O) groups is 1. The van der Waals surface area contributed by atoms with Crippen molar-refractivity contribution in [2.75, 3.05) is 13.2 Å². The van der Waals surface area contributed by atoms with Crippen LogP contribution in [-0.4, -0.2) is 24.2 Å². The van der Waals surface area contributed by atoms with E-state index in [1.54, 1.807) is 31.2 Å². The number of benzene rings is 1. The standard InChI is InChI=1S/C12H13BrN2O3/c1-8(16)10-6-9(13)2-3-11(10)18-7-12(17)15-5-4-14/h2-3,6,8,16H,5,7H2,1H3,(H,15,17)/t8-/m0/s1. The monoisotopic (exact) mass is 312 g/mol. The van der Waals surface area contributed by atoms with Gasteiger partial charge in [-0.15, -0.1) is 0 Å². The number of aliphatic hydroxyl groups excluding tert-OH is 1. The number of amides is 1. The Morgan fingerprint density at radius 2 is 2.39 bits per heavy atom. The van der Waals surface area contributed by atoms with Gasteiger partial charge in [0, 0.05) is 10.0 Å². The first-order chi connectivity index (χ1) is 8.54. The summed E-state index contributed by atoms with van der Waals surface area (Å²) < 4.78 is 6.13. The largest absolute Gasteiger partial charge is 0.483 e. The van der Waals surface area contributed by atoms with Crippen molar-refractivity contribution in [3.05, 3.63) is 28.2 Å². The van der Waals surface area contributed by atoms with Crippen molar-refractivity contribution in [3.8, 4) is 11.8 Å². The molecule has 5 nitrogen and oxygen atoms in total. The zero-order valence-corrected chi connectivity index (χ0v) is 11.4. The van der Waals surface area contributed by atoms with E-state index in [0.717, 1.165) is 4.47 Å². The topological polar surface area (TPSA) is 82.3 Å². The second-order valence-electron chi connectivity index (χ2n) is 3.58. The molecule has 0 aliphatic carbocycles. The maximum absolute atomic E-state index is 11.3. The van der Waals surface area contributed by atoms with Gasteiger partial charge in [-0.1, -0.05) is 15.9 Å². The summed E-state index contributed by atoms with van der Waals surface area (Å²) in [4.78, 5) is 11.3. The van der Waals surface area contributed by atoms with E-state index in [2.05, 4.69) is 21.2 Å². The molecule has 0 spiro atoms. The Morgan fingerprint density at radius 3 is 3.00 bits per heavy atom. The molecule has 1 atom stereocenters. The third-order valence-electron chi connectivity index (χ3n) is 2.15. The molecule has 2 N–H and O–H groups in total. The molecule has 0 saturated heterocycles. The van der Waals surface area contributed by atoms with Crippen molar-refractivity contribution < 1.29 is 14.6 Å². The number of nitrogens with one attached hydrogen (secondary N) is 1. The number of halogens is 1. The Labute approximate surface area is 114 Å². The van der Waals surface area contributed by atoms with Crippen LogP contribution in [0, 0.1) is 11.3 Å². The van der Waals surface area contributed by atoms with Crippen LogP contribution in [0.3, 0.4) is 0 Å². The van der Waals surface area contributed by atoms with Gasteiger partial charge in [-0.25, -0.2) is 0 Å². The number of hydrogen-bond donors (Lipinski definition) is 2. The van der Waals surface area contributed by atoms with Gasteiger partial charge >= 0.3 is 0 Å². The minimum absolute atomic E-state index is 0.0498. The van der Waals surface area contributed by atoms with E-state index in [1.807, 2.05) is 0 Å². The lowest BCUT2D eigenvalue weighted by Crippen LogP contribution is -2.29. The smallest absolute Gasteiger partial charge is 0.258 e. The van der Waals surface area contributed by atoms with Crippen LogP contribution in [0.15, 0.2) is 22.7 Å². The van der Waals surface area contributed by atoms with Gasteiger partial charge in [0.15, 0.2) is 6.61 Å². The van der Waals surface area contributed by atoms with Crippen LogP contribution in [0.1, 0.15) is 18.6 Å². The molecule has 0 saturated carbocycles. The summed E-state index contributed by atoms with van der Waals surface area (Å²) in [5.41, 5.74) is 0.595. The molecule has 0 radical (unpaired) electrons. The lowest BCUT2D eigenvalue weighted by Gasteiger charge is -2.13. The predicted molar refractivity (Wildman–Crippen MR) is 68.9 cm³/mol. The SMILES string of the molecule is C[C@H](O)c1cc(Br)ccc1OCC(=O)NCC#N. The van der Waals surface area contributed by atoms with E-state index in [-0.39, 0.29) is 19.1 Å². The highest BCUT2D eigenvalue weighted by molar-refractivity contribution is 9.10. The first-order valence-corrected chi connectivity index (χ1v) is 6.08. The average Bonchev–Trinajstić information content (AvgIpc) is 2.34. The van der Waals surface area contributed by atoms with Crippen LogP contribution in [0.25, 0.3) is 0 Å². The van der Waals surface area contributed by atoms with Crippen LogP contribution < -0.4 is 10.1 Å². The van der Waals surface area contributed by atoms with Crippen molar-refractivity contribution in [3.63, 3.8) is 0 Å². The highest BCUT2D eigenvalue weighted by Crippen LogP contribution is 2.28. The Morgan fingerprint density at radius 1 is 1.67 bits per heavy atom. The number of hydrogen-bond acceptors (Lipinski definition) is 4. The maximum Gasteiger partial charge on any atom is 0.258 e. The molecule has 0 aliphatic heterocycles. The summed E-state index contributed by atoms with van der Waals surface area (Å²) >= 11 is 3.30. The Bertz CT molecular complexity index is 469.